The Hall–Kier alpha value is -1.96. The molecule has 1 atom stereocenters. The lowest BCUT2D eigenvalue weighted by atomic mass is 10.1. The third-order valence-electron chi connectivity index (χ3n) is 3.24. The van der Waals surface area contributed by atoms with Gasteiger partial charge < -0.3 is 9.63 Å². The highest BCUT2D eigenvalue weighted by Gasteiger charge is 2.32. The zero-order chi connectivity index (χ0) is 14.3. The predicted octanol–water partition coefficient (Wildman–Crippen LogP) is 1.48. The molecule has 0 spiro atoms. The van der Waals surface area contributed by atoms with Gasteiger partial charge in [-0.2, -0.15) is 4.98 Å². The number of phenolic OH excluding ortho intramolecular Hbond substituents is 1. The SMILES string of the molecule is O=S1(=O)CCC(c2noc(-c3c(O)cccc3F)n2)C1. The van der Waals surface area contributed by atoms with Crippen molar-refractivity contribution in [2.45, 2.75) is 12.3 Å². The van der Waals surface area contributed by atoms with Crippen LogP contribution in [0.5, 0.6) is 5.75 Å². The Balaban J connectivity index is 1.95. The van der Waals surface area contributed by atoms with Gasteiger partial charge in [-0.1, -0.05) is 11.2 Å². The van der Waals surface area contributed by atoms with E-state index in [-0.39, 0.29) is 40.5 Å². The van der Waals surface area contributed by atoms with Gasteiger partial charge in [0.05, 0.1) is 11.5 Å². The van der Waals surface area contributed by atoms with Crippen LogP contribution in [0.2, 0.25) is 0 Å². The first-order valence-electron chi connectivity index (χ1n) is 5.98. The number of hydrogen-bond donors (Lipinski definition) is 1. The zero-order valence-electron chi connectivity index (χ0n) is 10.3. The number of sulfone groups is 1. The minimum absolute atomic E-state index is 0.0325. The zero-order valence-corrected chi connectivity index (χ0v) is 11.1. The van der Waals surface area contributed by atoms with E-state index in [1.807, 2.05) is 0 Å². The number of aromatic nitrogens is 2. The fourth-order valence-corrected chi connectivity index (χ4v) is 3.96. The topological polar surface area (TPSA) is 93.3 Å². The average Bonchev–Trinajstić information content (AvgIpc) is 2.96. The Morgan fingerprint density at radius 1 is 1.40 bits per heavy atom. The fourth-order valence-electron chi connectivity index (χ4n) is 2.23. The molecule has 6 nitrogen and oxygen atoms in total. The number of rotatable bonds is 2. The van der Waals surface area contributed by atoms with Crippen LogP contribution in [0.4, 0.5) is 4.39 Å². The minimum atomic E-state index is -3.06. The highest BCUT2D eigenvalue weighted by Crippen LogP contribution is 2.33. The molecule has 0 aliphatic carbocycles. The van der Waals surface area contributed by atoms with E-state index >= 15 is 0 Å². The Bertz CT molecular complexity index is 736. The first-order chi connectivity index (χ1) is 9.46. The second-order valence-corrected chi connectivity index (χ2v) is 6.92. The van der Waals surface area contributed by atoms with Crippen LogP contribution in [-0.2, 0) is 9.84 Å². The molecule has 1 aliphatic heterocycles. The molecule has 106 valence electrons. The summed E-state index contributed by atoms with van der Waals surface area (Å²) in [7, 11) is -3.06. The van der Waals surface area contributed by atoms with Gasteiger partial charge in [0.15, 0.2) is 15.7 Å². The van der Waals surface area contributed by atoms with Gasteiger partial charge in [0.2, 0.25) is 0 Å². The molecular formula is C12H11FN2O4S. The fraction of sp³-hybridized carbons (Fsp3) is 0.333. The van der Waals surface area contributed by atoms with Crippen LogP contribution in [0.15, 0.2) is 22.7 Å². The van der Waals surface area contributed by atoms with Gasteiger partial charge in [0, 0.05) is 5.92 Å². The summed E-state index contributed by atoms with van der Waals surface area (Å²) in [6, 6.07) is 3.83. The number of aromatic hydroxyl groups is 1. The summed E-state index contributed by atoms with van der Waals surface area (Å²) in [6.07, 6.45) is 0.421. The Morgan fingerprint density at radius 3 is 2.85 bits per heavy atom. The summed E-state index contributed by atoms with van der Waals surface area (Å²) in [4.78, 5) is 4.01. The van der Waals surface area contributed by atoms with Crippen molar-refractivity contribution in [1.82, 2.24) is 10.1 Å². The quantitative estimate of drug-likeness (QED) is 0.902. The van der Waals surface area contributed by atoms with Crippen LogP contribution in [0.1, 0.15) is 18.2 Å². The maximum atomic E-state index is 13.7. The van der Waals surface area contributed by atoms with Crippen molar-refractivity contribution in [3.05, 3.63) is 29.8 Å². The van der Waals surface area contributed by atoms with E-state index in [1.54, 1.807) is 0 Å². The normalized spacial score (nSPS) is 21.1. The van der Waals surface area contributed by atoms with E-state index in [2.05, 4.69) is 10.1 Å². The molecule has 1 aromatic carbocycles. The van der Waals surface area contributed by atoms with E-state index in [0.717, 1.165) is 0 Å². The Kier molecular flexibility index (Phi) is 2.97. The standard InChI is InChI=1S/C12H11FN2O4S/c13-8-2-1-3-9(16)10(8)12-14-11(15-19-12)7-4-5-20(17,18)6-7/h1-3,7,16H,4-6H2. The van der Waals surface area contributed by atoms with Crippen LogP contribution in [0.3, 0.4) is 0 Å². The van der Waals surface area contributed by atoms with Crippen LogP contribution in [-0.4, -0.2) is 35.2 Å². The largest absolute Gasteiger partial charge is 0.507 e. The molecule has 0 radical (unpaired) electrons. The molecule has 2 aromatic rings. The maximum absolute atomic E-state index is 13.7. The molecule has 1 N–H and O–H groups in total. The molecule has 0 bridgehead atoms. The van der Waals surface area contributed by atoms with Gasteiger partial charge in [-0.3, -0.25) is 0 Å². The molecular weight excluding hydrogens is 287 g/mol. The number of hydrogen-bond acceptors (Lipinski definition) is 6. The molecule has 1 fully saturated rings. The summed E-state index contributed by atoms with van der Waals surface area (Å²) in [5, 5.41) is 13.3. The monoisotopic (exact) mass is 298 g/mol. The molecule has 1 unspecified atom stereocenters. The molecule has 0 amide bonds. The Labute approximate surface area is 114 Å². The number of halogens is 1. The van der Waals surface area contributed by atoms with E-state index < -0.39 is 15.7 Å². The molecule has 8 heteroatoms. The summed E-state index contributed by atoms with van der Waals surface area (Å²) in [6.45, 7) is 0. The van der Waals surface area contributed by atoms with E-state index in [1.165, 1.54) is 18.2 Å². The van der Waals surface area contributed by atoms with Crippen molar-refractivity contribution in [2.75, 3.05) is 11.5 Å². The number of nitrogens with zero attached hydrogens (tertiary/aromatic N) is 2. The van der Waals surface area contributed by atoms with Crippen molar-refractivity contribution in [3.63, 3.8) is 0 Å². The molecule has 1 saturated heterocycles. The van der Waals surface area contributed by atoms with Crippen molar-refractivity contribution >= 4 is 9.84 Å². The molecule has 1 aromatic heterocycles. The summed E-state index contributed by atoms with van der Waals surface area (Å²) in [5.41, 5.74) is -0.174. The van der Waals surface area contributed by atoms with Crippen molar-refractivity contribution in [2.24, 2.45) is 0 Å². The van der Waals surface area contributed by atoms with Gasteiger partial charge in [-0.15, -0.1) is 0 Å². The summed E-state index contributed by atoms with van der Waals surface area (Å²) < 4.78 is 41.4. The second kappa shape index (κ2) is 4.55. The van der Waals surface area contributed by atoms with Crippen molar-refractivity contribution < 1.29 is 22.4 Å². The average molecular weight is 298 g/mol. The van der Waals surface area contributed by atoms with Crippen LogP contribution in [0, 0.1) is 5.82 Å². The Morgan fingerprint density at radius 2 is 2.20 bits per heavy atom. The molecule has 3 rings (SSSR count). The lowest BCUT2D eigenvalue weighted by Gasteiger charge is -2.00. The first-order valence-corrected chi connectivity index (χ1v) is 7.80. The molecule has 20 heavy (non-hydrogen) atoms. The second-order valence-electron chi connectivity index (χ2n) is 4.69. The van der Waals surface area contributed by atoms with Gasteiger partial charge in [-0.05, 0) is 18.6 Å². The van der Waals surface area contributed by atoms with E-state index in [4.69, 9.17) is 4.52 Å². The predicted molar refractivity (Wildman–Crippen MR) is 67.4 cm³/mol. The van der Waals surface area contributed by atoms with Crippen LogP contribution < -0.4 is 0 Å². The van der Waals surface area contributed by atoms with E-state index in [9.17, 15) is 17.9 Å². The molecule has 0 saturated carbocycles. The first kappa shape index (κ1) is 13.0. The lowest BCUT2D eigenvalue weighted by Crippen LogP contribution is -2.05. The van der Waals surface area contributed by atoms with Gasteiger partial charge in [-0.25, -0.2) is 12.8 Å². The molecule has 2 heterocycles. The third kappa shape index (κ3) is 2.26. The molecule has 1 aliphatic rings. The number of phenols is 1. The van der Waals surface area contributed by atoms with Crippen molar-refractivity contribution in [3.8, 4) is 17.2 Å². The highest BCUT2D eigenvalue weighted by atomic mass is 32.2. The minimum Gasteiger partial charge on any atom is -0.507 e. The van der Waals surface area contributed by atoms with Crippen molar-refractivity contribution in [1.29, 1.82) is 0 Å². The smallest absolute Gasteiger partial charge is 0.264 e. The summed E-state index contributed by atoms with van der Waals surface area (Å²) >= 11 is 0. The lowest BCUT2D eigenvalue weighted by molar-refractivity contribution is 0.410. The van der Waals surface area contributed by atoms with Gasteiger partial charge in [0.1, 0.15) is 17.1 Å². The van der Waals surface area contributed by atoms with Crippen LogP contribution >= 0.6 is 0 Å². The van der Waals surface area contributed by atoms with Gasteiger partial charge >= 0.3 is 0 Å². The van der Waals surface area contributed by atoms with Gasteiger partial charge in [0.25, 0.3) is 5.89 Å². The highest BCUT2D eigenvalue weighted by molar-refractivity contribution is 7.91. The summed E-state index contributed by atoms with van der Waals surface area (Å²) in [5.74, 6) is -1.20. The van der Waals surface area contributed by atoms with E-state index in [0.29, 0.717) is 6.42 Å². The van der Waals surface area contributed by atoms with Crippen LogP contribution in [0.25, 0.3) is 11.5 Å². The maximum Gasteiger partial charge on any atom is 0.264 e. The third-order valence-corrected chi connectivity index (χ3v) is 5.01. The number of benzene rings is 1.